The van der Waals surface area contributed by atoms with Gasteiger partial charge in [-0.25, -0.2) is 0 Å². The molecule has 2 fully saturated rings. The van der Waals surface area contributed by atoms with Crippen LogP contribution in [0, 0.1) is 0 Å². The van der Waals surface area contributed by atoms with Crippen LogP contribution < -0.4 is 5.32 Å². The van der Waals surface area contributed by atoms with Gasteiger partial charge >= 0.3 is 0 Å². The Balaban J connectivity index is 1.67. The van der Waals surface area contributed by atoms with Gasteiger partial charge in [-0.3, -0.25) is 4.90 Å². The summed E-state index contributed by atoms with van der Waals surface area (Å²) in [6.45, 7) is 13.4. The molecule has 0 amide bonds. The molecule has 0 aromatic carbocycles. The molecule has 4 nitrogen and oxygen atoms in total. The zero-order valence-corrected chi connectivity index (χ0v) is 11.5. The quantitative estimate of drug-likeness (QED) is 0.745. The molecule has 0 radical (unpaired) electrons. The summed E-state index contributed by atoms with van der Waals surface area (Å²) in [5, 5.41) is 3.47. The van der Waals surface area contributed by atoms with E-state index in [-0.39, 0.29) is 0 Å². The monoisotopic (exact) mass is 240 g/mol. The van der Waals surface area contributed by atoms with Crippen molar-refractivity contribution >= 4 is 0 Å². The number of piperazine rings is 1. The Hall–Kier alpha value is -0.160. The third-order valence-corrected chi connectivity index (χ3v) is 4.21. The molecule has 2 aliphatic heterocycles. The number of hydrogen-bond donors (Lipinski definition) is 1. The van der Waals surface area contributed by atoms with Crippen LogP contribution in [0.1, 0.15) is 13.3 Å². The van der Waals surface area contributed by atoms with E-state index in [1.54, 1.807) is 0 Å². The highest BCUT2D eigenvalue weighted by atomic mass is 15.3. The van der Waals surface area contributed by atoms with Crippen molar-refractivity contribution in [2.24, 2.45) is 0 Å². The first-order valence-corrected chi connectivity index (χ1v) is 7.11. The molecule has 0 bridgehead atoms. The Morgan fingerprint density at radius 1 is 1.00 bits per heavy atom. The van der Waals surface area contributed by atoms with E-state index in [1.807, 2.05) is 0 Å². The van der Waals surface area contributed by atoms with Gasteiger partial charge in [-0.15, -0.1) is 0 Å². The summed E-state index contributed by atoms with van der Waals surface area (Å²) < 4.78 is 0. The van der Waals surface area contributed by atoms with Crippen LogP contribution in [0.3, 0.4) is 0 Å². The van der Waals surface area contributed by atoms with E-state index in [0.717, 1.165) is 6.04 Å². The number of nitrogens with zero attached hydrogens (tertiary/aromatic N) is 3. The van der Waals surface area contributed by atoms with Gasteiger partial charge in [-0.1, -0.05) is 0 Å². The van der Waals surface area contributed by atoms with Gasteiger partial charge in [0.15, 0.2) is 0 Å². The first-order valence-electron chi connectivity index (χ1n) is 7.11. The maximum Gasteiger partial charge on any atom is 0.0192 e. The Bertz CT molecular complexity index is 213. The largest absolute Gasteiger partial charge is 0.315 e. The van der Waals surface area contributed by atoms with Crippen molar-refractivity contribution in [3.63, 3.8) is 0 Å². The summed E-state index contributed by atoms with van der Waals surface area (Å²) in [5.74, 6) is 0. The zero-order valence-electron chi connectivity index (χ0n) is 11.5. The van der Waals surface area contributed by atoms with Gasteiger partial charge in [-0.2, -0.15) is 0 Å². The highest BCUT2D eigenvalue weighted by molar-refractivity contribution is 4.77. The number of hydrogen-bond acceptors (Lipinski definition) is 4. The number of nitrogens with one attached hydrogen (secondary N) is 1. The predicted molar refractivity (Wildman–Crippen MR) is 72.5 cm³/mol. The van der Waals surface area contributed by atoms with Crippen LogP contribution in [0.25, 0.3) is 0 Å². The maximum atomic E-state index is 3.47. The van der Waals surface area contributed by atoms with E-state index < -0.39 is 0 Å². The van der Waals surface area contributed by atoms with Gasteiger partial charge in [0.05, 0.1) is 0 Å². The molecule has 2 saturated heterocycles. The van der Waals surface area contributed by atoms with E-state index >= 15 is 0 Å². The van der Waals surface area contributed by atoms with Gasteiger partial charge in [0.2, 0.25) is 0 Å². The molecule has 1 atom stereocenters. The second kappa shape index (κ2) is 6.69. The predicted octanol–water partition coefficient (Wildman–Crippen LogP) is -0.0824. The van der Waals surface area contributed by atoms with E-state index in [4.69, 9.17) is 0 Å². The van der Waals surface area contributed by atoms with Crippen molar-refractivity contribution in [3.8, 4) is 0 Å². The average molecular weight is 240 g/mol. The SMILES string of the molecule is CC1CN(CCN2CCCNCC2)CCN1C. The van der Waals surface area contributed by atoms with Crippen molar-refractivity contribution in [1.29, 1.82) is 0 Å². The molecule has 1 N–H and O–H groups in total. The fourth-order valence-corrected chi connectivity index (χ4v) is 2.74. The number of likely N-dealkylation sites (N-methyl/N-ethyl adjacent to an activating group) is 1. The second-order valence-corrected chi connectivity index (χ2v) is 5.58. The van der Waals surface area contributed by atoms with E-state index in [1.165, 1.54) is 65.3 Å². The molecule has 2 rings (SSSR count). The topological polar surface area (TPSA) is 21.8 Å². The number of rotatable bonds is 3. The van der Waals surface area contributed by atoms with Crippen molar-refractivity contribution in [2.75, 3.05) is 66.0 Å². The lowest BCUT2D eigenvalue weighted by Crippen LogP contribution is -2.51. The molecule has 1 unspecified atom stereocenters. The highest BCUT2D eigenvalue weighted by Crippen LogP contribution is 2.07. The maximum absolute atomic E-state index is 3.47. The lowest BCUT2D eigenvalue weighted by molar-refractivity contribution is 0.0952. The van der Waals surface area contributed by atoms with E-state index in [0.29, 0.717) is 0 Å². The normalized spacial score (nSPS) is 30.4. The summed E-state index contributed by atoms with van der Waals surface area (Å²) in [7, 11) is 2.24. The van der Waals surface area contributed by atoms with Crippen LogP contribution in [-0.4, -0.2) is 86.7 Å². The lowest BCUT2D eigenvalue weighted by Gasteiger charge is -2.38. The highest BCUT2D eigenvalue weighted by Gasteiger charge is 2.20. The van der Waals surface area contributed by atoms with Crippen molar-refractivity contribution < 1.29 is 0 Å². The third-order valence-electron chi connectivity index (χ3n) is 4.21. The summed E-state index contributed by atoms with van der Waals surface area (Å²) >= 11 is 0. The van der Waals surface area contributed by atoms with E-state index in [9.17, 15) is 0 Å². The molecule has 0 saturated carbocycles. The Morgan fingerprint density at radius 2 is 1.82 bits per heavy atom. The van der Waals surface area contributed by atoms with Crippen LogP contribution in [0.15, 0.2) is 0 Å². The molecule has 4 heteroatoms. The van der Waals surface area contributed by atoms with Crippen molar-refractivity contribution in [2.45, 2.75) is 19.4 Å². The minimum absolute atomic E-state index is 0.717. The van der Waals surface area contributed by atoms with Crippen LogP contribution in [0.2, 0.25) is 0 Å². The fraction of sp³-hybridized carbons (Fsp3) is 1.00. The standard InChI is InChI=1S/C13H28N4/c1-13-12-17(9-8-15(13)2)11-10-16-6-3-4-14-5-7-16/h13-14H,3-12H2,1-2H3. The van der Waals surface area contributed by atoms with Gasteiger partial charge in [0, 0.05) is 51.9 Å². The van der Waals surface area contributed by atoms with Crippen LogP contribution in [-0.2, 0) is 0 Å². The molecule has 0 aromatic heterocycles. The molecule has 2 aliphatic rings. The van der Waals surface area contributed by atoms with Crippen molar-refractivity contribution in [1.82, 2.24) is 20.0 Å². The van der Waals surface area contributed by atoms with Gasteiger partial charge in [-0.05, 0) is 33.5 Å². The fourth-order valence-electron chi connectivity index (χ4n) is 2.74. The second-order valence-electron chi connectivity index (χ2n) is 5.58. The summed E-state index contributed by atoms with van der Waals surface area (Å²) in [6.07, 6.45) is 1.30. The minimum atomic E-state index is 0.717. The summed E-state index contributed by atoms with van der Waals surface area (Å²) in [6, 6.07) is 0.717. The van der Waals surface area contributed by atoms with Gasteiger partial charge in [0.1, 0.15) is 0 Å². The van der Waals surface area contributed by atoms with Crippen molar-refractivity contribution in [3.05, 3.63) is 0 Å². The lowest BCUT2D eigenvalue weighted by atomic mass is 10.2. The zero-order chi connectivity index (χ0) is 12.1. The molecular formula is C13H28N4. The molecule has 2 heterocycles. The molecule has 17 heavy (non-hydrogen) atoms. The van der Waals surface area contributed by atoms with Crippen LogP contribution in [0.4, 0.5) is 0 Å². The molecule has 0 spiro atoms. The Morgan fingerprint density at radius 3 is 2.65 bits per heavy atom. The van der Waals surface area contributed by atoms with E-state index in [2.05, 4.69) is 34.0 Å². The van der Waals surface area contributed by atoms with Gasteiger partial charge in [0.25, 0.3) is 0 Å². The Kier molecular flexibility index (Phi) is 5.22. The Labute approximate surface area is 106 Å². The first-order chi connectivity index (χ1) is 8.25. The van der Waals surface area contributed by atoms with Crippen LogP contribution >= 0.6 is 0 Å². The smallest absolute Gasteiger partial charge is 0.0192 e. The summed E-state index contributed by atoms with van der Waals surface area (Å²) in [4.78, 5) is 7.71. The molecule has 0 aliphatic carbocycles. The molecule has 0 aromatic rings. The average Bonchev–Trinajstić information content (AvgIpc) is 2.59. The molecule has 100 valence electrons. The minimum Gasteiger partial charge on any atom is -0.315 e. The summed E-state index contributed by atoms with van der Waals surface area (Å²) in [5.41, 5.74) is 0. The van der Waals surface area contributed by atoms with Crippen LogP contribution in [0.5, 0.6) is 0 Å². The van der Waals surface area contributed by atoms with Gasteiger partial charge < -0.3 is 15.1 Å². The molecular weight excluding hydrogens is 212 g/mol. The third kappa shape index (κ3) is 4.21. The first kappa shape index (κ1) is 13.3.